The van der Waals surface area contributed by atoms with Crippen LogP contribution in [0.25, 0.3) is 5.65 Å². The summed E-state index contributed by atoms with van der Waals surface area (Å²) in [4.78, 5) is 19.6. The summed E-state index contributed by atoms with van der Waals surface area (Å²) in [6.07, 6.45) is 0.527. The Morgan fingerprint density at radius 3 is 2.93 bits per heavy atom. The van der Waals surface area contributed by atoms with Crippen LogP contribution >= 0.6 is 0 Å². The van der Waals surface area contributed by atoms with E-state index in [1.54, 1.807) is 6.20 Å². The molecule has 2 saturated heterocycles. The van der Waals surface area contributed by atoms with Gasteiger partial charge in [0, 0.05) is 38.6 Å². The van der Waals surface area contributed by atoms with E-state index in [1.165, 1.54) is 17.8 Å². The second-order valence-electron chi connectivity index (χ2n) is 7.70. The fourth-order valence-corrected chi connectivity index (χ4v) is 4.25. The monoisotopic (exact) mass is 420 g/mol. The number of aryl methyl sites for hydroxylation is 1. The van der Waals surface area contributed by atoms with Crippen molar-refractivity contribution in [3.05, 3.63) is 35.9 Å². The number of amides is 1. The van der Waals surface area contributed by atoms with Gasteiger partial charge in [0.1, 0.15) is 11.4 Å². The number of alkyl halides is 3. The average Bonchev–Trinajstić information content (AvgIpc) is 3.36. The first kappa shape index (κ1) is 18.9. The van der Waals surface area contributed by atoms with Gasteiger partial charge < -0.3 is 15.5 Å². The lowest BCUT2D eigenvalue weighted by Crippen LogP contribution is -2.39. The van der Waals surface area contributed by atoms with Crippen LogP contribution in [0.15, 0.2) is 24.7 Å². The first-order valence-corrected chi connectivity index (χ1v) is 9.53. The largest absolute Gasteiger partial charge is 0.437 e. The molecular formula is C18H19F3N8O. The highest BCUT2D eigenvalue weighted by atomic mass is 19.4. The van der Waals surface area contributed by atoms with Gasteiger partial charge in [0.2, 0.25) is 0 Å². The molecule has 2 aliphatic heterocycles. The van der Waals surface area contributed by atoms with E-state index in [2.05, 4.69) is 30.7 Å². The SMILES string of the molecule is Cn1cc(NC(=O)c2cnn3ccc(N4C[C@@H]5CNC[C@H]4C5)nc23)c(C(F)(F)F)n1. The molecule has 5 heterocycles. The van der Waals surface area contributed by atoms with Crippen LogP contribution in [0.5, 0.6) is 0 Å². The molecule has 2 aliphatic rings. The molecule has 158 valence electrons. The minimum absolute atomic E-state index is 0.0918. The molecule has 30 heavy (non-hydrogen) atoms. The van der Waals surface area contributed by atoms with E-state index in [9.17, 15) is 18.0 Å². The van der Waals surface area contributed by atoms with Crippen molar-refractivity contribution in [2.75, 3.05) is 29.9 Å². The Bertz CT molecular complexity index is 1120. The maximum absolute atomic E-state index is 13.2. The maximum Gasteiger partial charge on any atom is 0.437 e. The van der Waals surface area contributed by atoms with Crippen molar-refractivity contribution in [2.45, 2.75) is 18.6 Å². The van der Waals surface area contributed by atoms with Gasteiger partial charge in [0.05, 0.1) is 11.9 Å². The summed E-state index contributed by atoms with van der Waals surface area (Å²) >= 11 is 0. The lowest BCUT2D eigenvalue weighted by Gasteiger charge is -2.25. The highest BCUT2D eigenvalue weighted by molar-refractivity contribution is 6.08. The summed E-state index contributed by atoms with van der Waals surface area (Å²) in [6.45, 7) is 2.72. The van der Waals surface area contributed by atoms with E-state index in [0.717, 1.165) is 42.8 Å². The molecule has 9 nitrogen and oxygen atoms in total. The number of halogens is 3. The van der Waals surface area contributed by atoms with Gasteiger partial charge in [-0.25, -0.2) is 9.50 Å². The van der Waals surface area contributed by atoms with Gasteiger partial charge in [0.25, 0.3) is 5.91 Å². The lowest BCUT2D eigenvalue weighted by molar-refractivity contribution is -0.140. The number of nitrogens with zero attached hydrogens (tertiary/aromatic N) is 6. The van der Waals surface area contributed by atoms with Crippen molar-refractivity contribution in [2.24, 2.45) is 13.0 Å². The van der Waals surface area contributed by atoms with Crippen LogP contribution in [0.4, 0.5) is 24.7 Å². The molecule has 1 amide bonds. The van der Waals surface area contributed by atoms with Crippen LogP contribution in [-0.2, 0) is 13.2 Å². The second-order valence-corrected chi connectivity index (χ2v) is 7.70. The highest BCUT2D eigenvalue weighted by Crippen LogP contribution is 2.34. The van der Waals surface area contributed by atoms with Crippen molar-refractivity contribution >= 4 is 23.1 Å². The Morgan fingerprint density at radius 2 is 2.17 bits per heavy atom. The van der Waals surface area contributed by atoms with Crippen molar-refractivity contribution in [1.29, 1.82) is 0 Å². The number of piperidine rings is 1. The molecule has 0 spiro atoms. The van der Waals surface area contributed by atoms with Gasteiger partial charge in [-0.1, -0.05) is 0 Å². The standard InChI is InChI=1S/C18H19F3N8O/c1-27-9-13(15(26-27)18(19,20)21)24-17(30)12-7-23-29-3-2-14(25-16(12)29)28-8-10-4-11(28)6-22-5-10/h2-3,7,9-11,22H,4-6,8H2,1H3,(H,24,30)/t10-,11+/m0/s1. The molecule has 3 aromatic heterocycles. The van der Waals surface area contributed by atoms with Crippen molar-refractivity contribution in [3.8, 4) is 0 Å². The smallest absolute Gasteiger partial charge is 0.352 e. The number of hydrogen-bond acceptors (Lipinski definition) is 6. The fraction of sp³-hybridized carbons (Fsp3) is 0.444. The number of rotatable bonds is 3. The summed E-state index contributed by atoms with van der Waals surface area (Å²) in [5.74, 6) is 0.557. The van der Waals surface area contributed by atoms with Gasteiger partial charge in [0.15, 0.2) is 11.3 Å². The van der Waals surface area contributed by atoms with E-state index >= 15 is 0 Å². The molecule has 12 heteroatoms. The van der Waals surface area contributed by atoms with Gasteiger partial charge in [-0.3, -0.25) is 9.48 Å². The predicted octanol–water partition coefficient (Wildman–Crippen LogP) is 1.53. The Hall–Kier alpha value is -3.15. The van der Waals surface area contributed by atoms with E-state index < -0.39 is 23.5 Å². The number of hydrogen-bond donors (Lipinski definition) is 2. The number of aromatic nitrogens is 5. The average molecular weight is 420 g/mol. The first-order chi connectivity index (χ1) is 14.3. The Morgan fingerprint density at radius 1 is 1.33 bits per heavy atom. The van der Waals surface area contributed by atoms with Crippen molar-refractivity contribution < 1.29 is 18.0 Å². The van der Waals surface area contributed by atoms with Crippen LogP contribution < -0.4 is 15.5 Å². The molecule has 2 bridgehead atoms. The molecule has 3 aromatic rings. The summed E-state index contributed by atoms with van der Waals surface area (Å²) in [5.41, 5.74) is -1.18. The summed E-state index contributed by atoms with van der Waals surface area (Å²) in [7, 11) is 1.36. The van der Waals surface area contributed by atoms with E-state index in [4.69, 9.17) is 0 Å². The number of nitrogens with one attached hydrogen (secondary N) is 2. The van der Waals surface area contributed by atoms with E-state index in [-0.39, 0.29) is 11.2 Å². The lowest BCUT2D eigenvalue weighted by atomic mass is 10.0. The van der Waals surface area contributed by atoms with E-state index in [0.29, 0.717) is 12.0 Å². The first-order valence-electron chi connectivity index (χ1n) is 9.53. The third-order valence-electron chi connectivity index (χ3n) is 5.55. The molecule has 0 aliphatic carbocycles. The molecule has 5 rings (SSSR count). The molecule has 0 saturated carbocycles. The van der Waals surface area contributed by atoms with Crippen LogP contribution in [-0.4, -0.2) is 56.0 Å². The normalized spacial score (nSPS) is 21.4. The summed E-state index contributed by atoms with van der Waals surface area (Å²) in [5, 5.41) is 13.2. The molecule has 2 fully saturated rings. The quantitative estimate of drug-likeness (QED) is 0.668. The molecule has 0 unspecified atom stereocenters. The third kappa shape index (κ3) is 3.16. The van der Waals surface area contributed by atoms with Gasteiger partial charge in [-0.05, 0) is 24.9 Å². The van der Waals surface area contributed by atoms with Crippen LogP contribution in [0.2, 0.25) is 0 Å². The van der Waals surface area contributed by atoms with Gasteiger partial charge in [-0.2, -0.15) is 23.4 Å². The Labute approximate surface area is 168 Å². The molecule has 2 atom stereocenters. The summed E-state index contributed by atoms with van der Waals surface area (Å²) < 4.78 is 42.0. The fourth-order valence-electron chi connectivity index (χ4n) is 4.25. The third-order valence-corrected chi connectivity index (χ3v) is 5.55. The second kappa shape index (κ2) is 6.69. The number of fused-ring (bicyclic) bond motifs is 3. The Balaban J connectivity index is 1.46. The number of carbonyl (C=O) groups is 1. The summed E-state index contributed by atoms with van der Waals surface area (Å²) in [6, 6.07) is 2.18. The van der Waals surface area contributed by atoms with Crippen molar-refractivity contribution in [3.63, 3.8) is 0 Å². The van der Waals surface area contributed by atoms with Crippen LogP contribution in [0.3, 0.4) is 0 Å². The number of carbonyl (C=O) groups excluding carboxylic acids is 1. The van der Waals surface area contributed by atoms with Crippen molar-refractivity contribution in [1.82, 2.24) is 29.7 Å². The zero-order chi connectivity index (χ0) is 21.0. The molecule has 0 radical (unpaired) electrons. The zero-order valence-electron chi connectivity index (χ0n) is 16.0. The van der Waals surface area contributed by atoms with Gasteiger partial charge >= 0.3 is 6.18 Å². The molecular weight excluding hydrogens is 401 g/mol. The number of anilines is 2. The maximum atomic E-state index is 13.2. The Kier molecular flexibility index (Phi) is 4.20. The predicted molar refractivity (Wildman–Crippen MR) is 101 cm³/mol. The minimum atomic E-state index is -4.68. The highest BCUT2D eigenvalue weighted by Gasteiger charge is 2.38. The molecule has 0 aromatic carbocycles. The van der Waals surface area contributed by atoms with Crippen LogP contribution in [0.1, 0.15) is 22.5 Å². The molecule has 2 N–H and O–H groups in total. The zero-order valence-corrected chi connectivity index (χ0v) is 16.0. The topological polar surface area (TPSA) is 92.4 Å². The van der Waals surface area contributed by atoms with E-state index in [1.807, 2.05) is 6.07 Å². The van der Waals surface area contributed by atoms with Gasteiger partial charge in [-0.15, -0.1) is 0 Å². The minimum Gasteiger partial charge on any atom is -0.352 e. The van der Waals surface area contributed by atoms with Crippen LogP contribution in [0, 0.1) is 5.92 Å².